The summed E-state index contributed by atoms with van der Waals surface area (Å²) < 4.78 is 9.67. The van der Waals surface area contributed by atoms with Crippen LogP contribution in [0.2, 0.25) is 0 Å². The summed E-state index contributed by atoms with van der Waals surface area (Å²) in [5.41, 5.74) is 25.9. The molecule has 0 saturated carbocycles. The minimum Gasteiger partial charge on any atom is -0.309 e. The molecule has 4 heteroatoms. The van der Waals surface area contributed by atoms with Crippen LogP contribution in [0.4, 0.5) is 0 Å². The average molecular weight is 1120 g/mol. The molecule has 14 aromatic carbocycles. The third-order valence-corrected chi connectivity index (χ3v) is 18.4. The molecule has 0 saturated heterocycles. The molecule has 0 fully saturated rings. The van der Waals surface area contributed by atoms with E-state index >= 15 is 0 Å². The van der Waals surface area contributed by atoms with Crippen LogP contribution >= 0.6 is 0 Å². The average Bonchev–Trinajstić information content (AvgIpc) is 2.46. The van der Waals surface area contributed by atoms with Crippen LogP contribution in [-0.4, -0.2) is 18.3 Å². The summed E-state index contributed by atoms with van der Waals surface area (Å²) in [7, 11) is 0. The number of hydrogen-bond donors (Lipinski definition) is 0. The number of nitrogens with zero attached hydrogens (tertiary/aromatic N) is 4. The van der Waals surface area contributed by atoms with Gasteiger partial charge in [-0.1, -0.05) is 194 Å². The van der Waals surface area contributed by atoms with E-state index in [1.807, 2.05) is 0 Å². The minimum absolute atomic E-state index is 1.12. The molecule has 4 heterocycles. The Morgan fingerprint density at radius 2 is 0.318 bits per heavy atom. The predicted molar refractivity (Wildman–Crippen MR) is 371 cm³/mol. The molecule has 0 amide bonds. The summed E-state index contributed by atoms with van der Waals surface area (Å²) in [6.07, 6.45) is 0. The number of hydrogen-bond acceptors (Lipinski definition) is 0. The summed E-state index contributed by atoms with van der Waals surface area (Å²) in [5.74, 6) is 0. The van der Waals surface area contributed by atoms with E-state index in [2.05, 4.69) is 346 Å². The zero-order chi connectivity index (χ0) is 57.8. The molecular formula is C84H54N4. The molecule has 88 heavy (non-hydrogen) atoms. The molecule has 4 nitrogen and oxygen atoms in total. The van der Waals surface area contributed by atoms with Crippen molar-refractivity contribution in [2.24, 2.45) is 0 Å². The van der Waals surface area contributed by atoms with Crippen molar-refractivity contribution in [3.05, 3.63) is 328 Å². The second kappa shape index (κ2) is 20.0. The standard InChI is InChI=1S/C84H54N4/c1-5-17-55(18-6-1)57-29-39-67(40-30-57)87-81-45-35-61(59-33-43-79-71(49-59)69-25-13-15-27-77(69)85(79)65-21-9-3-10-22-65)51-73(81)75-53-63(37-47-83(75)87)64-38-48-84-76(54-64)74-52-62(36-46-82(74)88(84)68-41-31-58(32-42-68)56-19-7-2-8-20-56)60-34-44-80-72(50-60)70-26-14-16-28-78(70)86(80)66-23-11-4-12-24-66/h1-54H. The zero-order valence-electron chi connectivity index (χ0n) is 48.0. The van der Waals surface area contributed by atoms with Crippen molar-refractivity contribution < 1.29 is 0 Å². The minimum atomic E-state index is 1.12. The van der Waals surface area contributed by atoms with Crippen LogP contribution in [0.1, 0.15) is 0 Å². The van der Waals surface area contributed by atoms with Gasteiger partial charge in [0.1, 0.15) is 0 Å². The normalized spacial score (nSPS) is 11.9. The van der Waals surface area contributed by atoms with Crippen LogP contribution in [0.25, 0.3) is 166 Å². The van der Waals surface area contributed by atoms with Crippen LogP contribution in [0.3, 0.4) is 0 Å². The van der Waals surface area contributed by atoms with Gasteiger partial charge in [-0.2, -0.15) is 0 Å². The van der Waals surface area contributed by atoms with Crippen molar-refractivity contribution in [3.8, 4) is 78.4 Å². The largest absolute Gasteiger partial charge is 0.309 e. The first-order chi connectivity index (χ1) is 43.6. The van der Waals surface area contributed by atoms with Crippen LogP contribution in [0.15, 0.2) is 328 Å². The molecule has 0 radical (unpaired) electrons. The van der Waals surface area contributed by atoms with Gasteiger partial charge in [0.05, 0.1) is 44.1 Å². The van der Waals surface area contributed by atoms with Crippen LogP contribution in [0, 0.1) is 0 Å². The number of rotatable bonds is 9. The number of aromatic nitrogens is 4. The van der Waals surface area contributed by atoms with E-state index < -0.39 is 0 Å². The Bertz CT molecular complexity index is 5390. The highest BCUT2D eigenvalue weighted by atomic mass is 15.0. The molecule has 0 spiro atoms. The van der Waals surface area contributed by atoms with Gasteiger partial charge in [0.25, 0.3) is 0 Å². The molecule has 0 aliphatic rings. The SMILES string of the molecule is c1ccc(-c2ccc(-n3c4ccc(-c5ccc6c(c5)c5ccccc5n6-c5ccccc5)cc4c4cc(-c5ccc6c(c5)c5cc(-c7ccc8c(c7)c7ccccc7n8-c7ccccc7)ccc5n6-c5ccc(-c6ccccc6)cc5)ccc43)cc2)cc1. The second-order valence-electron chi connectivity index (χ2n) is 23.3. The van der Waals surface area contributed by atoms with Crippen molar-refractivity contribution in [1.29, 1.82) is 0 Å². The molecule has 0 atom stereocenters. The van der Waals surface area contributed by atoms with Crippen LogP contribution < -0.4 is 0 Å². The molecule has 18 aromatic rings. The lowest BCUT2D eigenvalue weighted by Gasteiger charge is -2.11. The molecule has 410 valence electrons. The van der Waals surface area contributed by atoms with Gasteiger partial charge in [-0.3, -0.25) is 0 Å². The van der Waals surface area contributed by atoms with Crippen molar-refractivity contribution >= 4 is 87.2 Å². The quantitative estimate of drug-likeness (QED) is 0.137. The first-order valence-corrected chi connectivity index (χ1v) is 30.3. The third kappa shape index (κ3) is 7.93. The van der Waals surface area contributed by atoms with Gasteiger partial charge < -0.3 is 18.3 Å². The van der Waals surface area contributed by atoms with Crippen LogP contribution in [0.5, 0.6) is 0 Å². The van der Waals surface area contributed by atoms with Crippen molar-refractivity contribution in [1.82, 2.24) is 18.3 Å². The highest BCUT2D eigenvalue weighted by Gasteiger charge is 2.21. The van der Waals surface area contributed by atoms with E-state index in [0.29, 0.717) is 0 Å². The monoisotopic (exact) mass is 1120 g/mol. The molecule has 4 aromatic heterocycles. The highest BCUT2D eigenvalue weighted by Crippen LogP contribution is 2.43. The maximum absolute atomic E-state index is 2.45. The lowest BCUT2D eigenvalue weighted by molar-refractivity contribution is 1.18. The summed E-state index contributed by atoms with van der Waals surface area (Å²) in [5, 5.41) is 9.78. The molecule has 18 rings (SSSR count). The zero-order valence-corrected chi connectivity index (χ0v) is 48.0. The maximum Gasteiger partial charge on any atom is 0.0541 e. The van der Waals surface area contributed by atoms with E-state index in [4.69, 9.17) is 0 Å². The molecule has 0 aliphatic carbocycles. The molecule has 0 N–H and O–H groups in total. The van der Waals surface area contributed by atoms with E-state index in [0.717, 1.165) is 55.9 Å². The fraction of sp³-hybridized carbons (Fsp3) is 0. The van der Waals surface area contributed by atoms with Gasteiger partial charge in [0, 0.05) is 65.8 Å². The second-order valence-corrected chi connectivity index (χ2v) is 23.3. The summed E-state index contributed by atoms with van der Waals surface area (Å²) in [4.78, 5) is 0. The van der Waals surface area contributed by atoms with Gasteiger partial charge in [-0.15, -0.1) is 0 Å². The summed E-state index contributed by atoms with van der Waals surface area (Å²) >= 11 is 0. The Balaban J connectivity index is 0.812. The van der Waals surface area contributed by atoms with Crippen molar-refractivity contribution in [3.63, 3.8) is 0 Å². The van der Waals surface area contributed by atoms with Gasteiger partial charge in [0.15, 0.2) is 0 Å². The Hall–Kier alpha value is -11.7. The van der Waals surface area contributed by atoms with E-state index in [1.54, 1.807) is 0 Å². The first kappa shape index (κ1) is 49.7. The summed E-state index contributed by atoms with van der Waals surface area (Å²) in [6.45, 7) is 0. The lowest BCUT2D eigenvalue weighted by Crippen LogP contribution is -1.94. The van der Waals surface area contributed by atoms with E-state index in [1.165, 1.54) is 110 Å². The lowest BCUT2D eigenvalue weighted by atomic mass is 9.98. The molecule has 0 aliphatic heterocycles. The van der Waals surface area contributed by atoms with Crippen molar-refractivity contribution in [2.45, 2.75) is 0 Å². The van der Waals surface area contributed by atoms with Gasteiger partial charge in [-0.25, -0.2) is 0 Å². The van der Waals surface area contributed by atoms with Crippen molar-refractivity contribution in [2.75, 3.05) is 0 Å². The smallest absolute Gasteiger partial charge is 0.0541 e. The maximum atomic E-state index is 2.45. The Kier molecular flexibility index (Phi) is 11.3. The van der Waals surface area contributed by atoms with E-state index in [9.17, 15) is 0 Å². The van der Waals surface area contributed by atoms with Gasteiger partial charge >= 0.3 is 0 Å². The Morgan fingerprint density at radius 3 is 0.602 bits per heavy atom. The highest BCUT2D eigenvalue weighted by molar-refractivity contribution is 6.16. The number of fused-ring (bicyclic) bond motifs is 12. The number of para-hydroxylation sites is 4. The molecule has 0 bridgehead atoms. The van der Waals surface area contributed by atoms with Gasteiger partial charge in [-0.05, 0) is 189 Å². The van der Waals surface area contributed by atoms with Gasteiger partial charge in [0.2, 0.25) is 0 Å². The predicted octanol–water partition coefficient (Wildman–Crippen LogP) is 22.4. The topological polar surface area (TPSA) is 19.7 Å². The molecular weight excluding hydrogens is 1060 g/mol. The van der Waals surface area contributed by atoms with Crippen LogP contribution in [-0.2, 0) is 0 Å². The van der Waals surface area contributed by atoms with E-state index in [-0.39, 0.29) is 0 Å². The Labute approximate surface area is 508 Å². The number of benzene rings is 14. The summed E-state index contributed by atoms with van der Waals surface area (Å²) in [6, 6.07) is 121. The fourth-order valence-corrected chi connectivity index (χ4v) is 14.2. The first-order valence-electron chi connectivity index (χ1n) is 30.3. The fourth-order valence-electron chi connectivity index (χ4n) is 14.2. The Morgan fingerprint density at radius 1 is 0.125 bits per heavy atom. The third-order valence-electron chi connectivity index (χ3n) is 18.4. The molecule has 0 unspecified atom stereocenters.